The van der Waals surface area contributed by atoms with Gasteiger partial charge < -0.3 is 9.47 Å². The zero-order valence-electron chi connectivity index (χ0n) is 15.9. The Hall–Kier alpha value is -1.92. The van der Waals surface area contributed by atoms with Crippen molar-refractivity contribution in [3.8, 4) is 17.0 Å². The number of aromatic nitrogens is 1. The molecule has 3 unspecified atom stereocenters. The third-order valence-electron chi connectivity index (χ3n) is 5.38. The van der Waals surface area contributed by atoms with Crippen LogP contribution >= 0.6 is 0 Å². The Bertz CT molecular complexity index is 821. The quantitative estimate of drug-likeness (QED) is 0.724. The van der Waals surface area contributed by atoms with Crippen molar-refractivity contribution in [1.29, 1.82) is 0 Å². The van der Waals surface area contributed by atoms with Crippen LogP contribution in [0.3, 0.4) is 0 Å². The first-order valence-corrected chi connectivity index (χ1v) is 11.2. The fourth-order valence-corrected chi connectivity index (χ4v) is 5.01. The van der Waals surface area contributed by atoms with Crippen molar-refractivity contribution in [2.24, 2.45) is 11.8 Å². The van der Waals surface area contributed by atoms with Crippen LogP contribution in [0.1, 0.15) is 20.3 Å². The largest absolute Gasteiger partial charge is 0.493 e. The lowest BCUT2D eigenvalue weighted by Gasteiger charge is -2.35. The number of nitrogens with zero attached hydrogens (tertiary/aromatic N) is 1. The number of pyridine rings is 1. The summed E-state index contributed by atoms with van der Waals surface area (Å²) < 4.78 is 36.2. The van der Waals surface area contributed by atoms with E-state index in [2.05, 4.69) is 4.98 Å². The number of benzene rings is 1. The molecule has 3 rings (SSSR count). The molecule has 6 heteroatoms. The third kappa shape index (κ3) is 4.87. The van der Waals surface area contributed by atoms with E-state index in [9.17, 15) is 8.42 Å². The highest BCUT2D eigenvalue weighted by atomic mass is 32.2. The zero-order valence-corrected chi connectivity index (χ0v) is 16.7. The van der Waals surface area contributed by atoms with Crippen LogP contribution in [-0.4, -0.2) is 44.2 Å². The number of ether oxygens (including phenoxy) is 2. The Balaban J connectivity index is 1.64. The van der Waals surface area contributed by atoms with Gasteiger partial charge in [-0.05, 0) is 55.7 Å². The first kappa shape index (κ1) is 19.8. The summed E-state index contributed by atoms with van der Waals surface area (Å²) >= 11 is 0. The second kappa shape index (κ2) is 8.85. The molecule has 2 heterocycles. The van der Waals surface area contributed by atoms with Crippen LogP contribution in [0.4, 0.5) is 0 Å². The molecule has 3 atom stereocenters. The summed E-state index contributed by atoms with van der Waals surface area (Å²) in [7, 11) is -3.07. The topological polar surface area (TPSA) is 65.5 Å². The molecule has 0 spiro atoms. The van der Waals surface area contributed by atoms with E-state index >= 15 is 0 Å². The van der Waals surface area contributed by atoms with Gasteiger partial charge in [-0.2, -0.15) is 0 Å². The van der Waals surface area contributed by atoms with Crippen LogP contribution in [0.5, 0.6) is 5.75 Å². The lowest BCUT2D eigenvalue weighted by atomic mass is 9.86. The van der Waals surface area contributed by atoms with Crippen molar-refractivity contribution in [3.05, 3.63) is 48.7 Å². The second-order valence-electron chi connectivity index (χ2n) is 6.99. The summed E-state index contributed by atoms with van der Waals surface area (Å²) in [5.74, 6) is 1.08. The van der Waals surface area contributed by atoms with E-state index < -0.39 is 9.84 Å². The van der Waals surface area contributed by atoms with Gasteiger partial charge in [0.05, 0.1) is 24.2 Å². The first-order valence-electron chi connectivity index (χ1n) is 9.45. The predicted octanol–water partition coefficient (Wildman–Crippen LogP) is 3.60. The molecule has 27 heavy (non-hydrogen) atoms. The monoisotopic (exact) mass is 389 g/mol. The molecule has 146 valence electrons. The van der Waals surface area contributed by atoms with Crippen molar-refractivity contribution in [2.45, 2.75) is 25.5 Å². The highest BCUT2D eigenvalue weighted by Crippen LogP contribution is 2.30. The molecule has 1 aromatic carbocycles. The van der Waals surface area contributed by atoms with Crippen molar-refractivity contribution in [3.63, 3.8) is 0 Å². The van der Waals surface area contributed by atoms with E-state index in [1.807, 2.05) is 49.4 Å². The normalized spacial score (nSPS) is 21.6. The van der Waals surface area contributed by atoms with Gasteiger partial charge in [-0.3, -0.25) is 4.98 Å². The van der Waals surface area contributed by atoms with Crippen LogP contribution in [-0.2, 0) is 14.6 Å². The Morgan fingerprint density at radius 2 is 2.00 bits per heavy atom. The van der Waals surface area contributed by atoms with Gasteiger partial charge in [0.1, 0.15) is 5.75 Å². The van der Waals surface area contributed by atoms with E-state index in [1.54, 1.807) is 13.1 Å². The Morgan fingerprint density at radius 3 is 2.67 bits per heavy atom. The molecule has 0 bridgehead atoms. The minimum atomic E-state index is -3.07. The van der Waals surface area contributed by atoms with Crippen molar-refractivity contribution in [1.82, 2.24) is 4.98 Å². The van der Waals surface area contributed by atoms with Crippen LogP contribution < -0.4 is 4.74 Å². The van der Waals surface area contributed by atoms with Gasteiger partial charge in [-0.25, -0.2) is 8.42 Å². The molecule has 0 radical (unpaired) electrons. The molecule has 1 aliphatic rings. The molecule has 0 aliphatic carbocycles. The number of hydrogen-bond acceptors (Lipinski definition) is 5. The van der Waals surface area contributed by atoms with Gasteiger partial charge in [0, 0.05) is 30.0 Å². The maximum absolute atomic E-state index is 12.3. The summed E-state index contributed by atoms with van der Waals surface area (Å²) in [6, 6.07) is 13.6. The Labute approximate surface area is 161 Å². The number of rotatable bonds is 7. The minimum Gasteiger partial charge on any atom is -0.493 e. The lowest BCUT2D eigenvalue weighted by Crippen LogP contribution is -2.41. The summed E-state index contributed by atoms with van der Waals surface area (Å²) in [5, 5.41) is -0.369. The van der Waals surface area contributed by atoms with E-state index in [4.69, 9.17) is 9.47 Å². The Kier molecular flexibility index (Phi) is 6.50. The molecule has 1 fully saturated rings. The highest BCUT2D eigenvalue weighted by Gasteiger charge is 2.36. The van der Waals surface area contributed by atoms with E-state index in [-0.39, 0.29) is 22.8 Å². The van der Waals surface area contributed by atoms with Crippen LogP contribution in [0.25, 0.3) is 11.3 Å². The van der Waals surface area contributed by atoms with Crippen LogP contribution in [0.15, 0.2) is 48.7 Å². The van der Waals surface area contributed by atoms with Gasteiger partial charge in [0.2, 0.25) is 0 Å². The molecule has 1 aliphatic heterocycles. The molecule has 0 saturated carbocycles. The maximum atomic E-state index is 12.3. The summed E-state index contributed by atoms with van der Waals surface area (Å²) in [5.41, 5.74) is 1.95. The van der Waals surface area contributed by atoms with Gasteiger partial charge >= 0.3 is 0 Å². The maximum Gasteiger partial charge on any atom is 0.152 e. The van der Waals surface area contributed by atoms with Crippen molar-refractivity contribution >= 4 is 9.84 Å². The molecule has 0 amide bonds. The first-order chi connectivity index (χ1) is 13.0. The summed E-state index contributed by atoms with van der Waals surface area (Å²) in [4.78, 5) is 4.34. The molecular formula is C21H27NO4S. The highest BCUT2D eigenvalue weighted by molar-refractivity contribution is 7.91. The number of sulfone groups is 1. The van der Waals surface area contributed by atoms with Gasteiger partial charge in [-0.15, -0.1) is 0 Å². The molecule has 1 aromatic heterocycles. The lowest BCUT2D eigenvalue weighted by molar-refractivity contribution is -0.00232. The van der Waals surface area contributed by atoms with E-state index in [0.717, 1.165) is 23.4 Å². The van der Waals surface area contributed by atoms with Crippen molar-refractivity contribution < 1.29 is 17.9 Å². The predicted molar refractivity (Wildman–Crippen MR) is 107 cm³/mol. The Morgan fingerprint density at radius 1 is 1.22 bits per heavy atom. The van der Waals surface area contributed by atoms with Crippen LogP contribution in [0.2, 0.25) is 0 Å². The SMILES string of the molecule is CCS(=O)(=O)C(C)C1CCOCC1COc1ccc(-c2ccccn2)cc1. The fraction of sp³-hybridized carbons (Fsp3) is 0.476. The average Bonchev–Trinajstić information content (AvgIpc) is 2.73. The molecule has 2 aromatic rings. The summed E-state index contributed by atoms with van der Waals surface area (Å²) in [6.07, 6.45) is 2.53. The molecule has 5 nitrogen and oxygen atoms in total. The van der Waals surface area contributed by atoms with E-state index in [0.29, 0.717) is 19.8 Å². The second-order valence-corrected chi connectivity index (χ2v) is 9.64. The molecule has 0 N–H and O–H groups in total. The number of hydrogen-bond donors (Lipinski definition) is 0. The minimum absolute atomic E-state index is 0.0662. The van der Waals surface area contributed by atoms with Crippen LogP contribution in [0, 0.1) is 11.8 Å². The summed E-state index contributed by atoms with van der Waals surface area (Å²) in [6.45, 7) is 5.14. The smallest absolute Gasteiger partial charge is 0.152 e. The van der Waals surface area contributed by atoms with E-state index in [1.165, 1.54) is 0 Å². The molecule has 1 saturated heterocycles. The third-order valence-corrected chi connectivity index (χ3v) is 7.67. The zero-order chi connectivity index (χ0) is 19.3. The van der Waals surface area contributed by atoms with Gasteiger partial charge in [0.15, 0.2) is 9.84 Å². The average molecular weight is 390 g/mol. The molecular weight excluding hydrogens is 362 g/mol. The standard InChI is InChI=1S/C21H27NO4S/c1-3-27(23,24)16(2)20-11-13-25-14-18(20)15-26-19-9-7-17(8-10-19)21-6-4-5-12-22-21/h4-10,12,16,18,20H,3,11,13-15H2,1-2H3. The van der Waals surface area contributed by atoms with Gasteiger partial charge in [0.25, 0.3) is 0 Å². The van der Waals surface area contributed by atoms with Gasteiger partial charge in [-0.1, -0.05) is 13.0 Å². The van der Waals surface area contributed by atoms with Crippen molar-refractivity contribution in [2.75, 3.05) is 25.6 Å². The fourth-order valence-electron chi connectivity index (χ4n) is 3.59.